The minimum Gasteiger partial charge on any atom is -0.323 e. The molecular weight excluding hydrogens is 219 g/mol. The zero-order chi connectivity index (χ0) is 10.6. The molecule has 0 aliphatic rings. The molecule has 3 N–H and O–H groups in total. The molecule has 1 unspecified atom stereocenters. The number of hydrogen-bond donors (Lipinski definition) is 2. The highest BCUT2D eigenvalue weighted by Crippen LogP contribution is 2.24. The van der Waals surface area contributed by atoms with Crippen LogP contribution in [0.3, 0.4) is 0 Å². The molecule has 0 amide bonds. The van der Waals surface area contributed by atoms with Crippen molar-refractivity contribution in [1.82, 2.24) is 5.32 Å². The summed E-state index contributed by atoms with van der Waals surface area (Å²) < 4.78 is 0. The van der Waals surface area contributed by atoms with Crippen molar-refractivity contribution in [3.05, 3.63) is 33.8 Å². The first-order valence-electron chi connectivity index (χ1n) is 4.56. The highest BCUT2D eigenvalue weighted by atomic mass is 35.5. The van der Waals surface area contributed by atoms with Gasteiger partial charge in [-0.1, -0.05) is 36.2 Å². The maximum atomic E-state index is 6.01. The van der Waals surface area contributed by atoms with Crippen molar-refractivity contribution >= 4 is 23.2 Å². The lowest BCUT2D eigenvalue weighted by Gasteiger charge is -2.13. The zero-order valence-corrected chi connectivity index (χ0v) is 9.57. The van der Waals surface area contributed by atoms with E-state index in [0.29, 0.717) is 10.0 Å². The van der Waals surface area contributed by atoms with Crippen LogP contribution < -0.4 is 11.1 Å². The summed E-state index contributed by atoms with van der Waals surface area (Å²) in [6.07, 6.45) is 0. The summed E-state index contributed by atoms with van der Waals surface area (Å²) >= 11 is 11.8. The van der Waals surface area contributed by atoms with Gasteiger partial charge in [0, 0.05) is 22.6 Å². The molecular formula is C10H14Cl2N2. The molecule has 0 fully saturated rings. The van der Waals surface area contributed by atoms with Crippen molar-refractivity contribution in [3.8, 4) is 0 Å². The summed E-state index contributed by atoms with van der Waals surface area (Å²) in [6.45, 7) is 3.66. The van der Waals surface area contributed by atoms with Gasteiger partial charge in [0.25, 0.3) is 0 Å². The van der Waals surface area contributed by atoms with Gasteiger partial charge in [-0.2, -0.15) is 0 Å². The van der Waals surface area contributed by atoms with Crippen LogP contribution in [0.4, 0.5) is 0 Å². The van der Waals surface area contributed by atoms with E-state index in [1.165, 1.54) is 0 Å². The van der Waals surface area contributed by atoms with Gasteiger partial charge >= 0.3 is 0 Å². The molecule has 1 aromatic rings. The van der Waals surface area contributed by atoms with Crippen LogP contribution in [0, 0.1) is 0 Å². The van der Waals surface area contributed by atoms with E-state index in [4.69, 9.17) is 28.9 Å². The lowest BCUT2D eigenvalue weighted by Crippen LogP contribution is -2.26. The summed E-state index contributed by atoms with van der Waals surface area (Å²) in [5.74, 6) is 0. The Hall–Kier alpha value is -0.280. The number of halogens is 2. The maximum absolute atomic E-state index is 6.01. The summed E-state index contributed by atoms with van der Waals surface area (Å²) in [6, 6.07) is 5.30. The van der Waals surface area contributed by atoms with E-state index in [0.717, 1.165) is 18.7 Å². The highest BCUT2D eigenvalue weighted by Gasteiger charge is 2.09. The van der Waals surface area contributed by atoms with Crippen molar-refractivity contribution in [2.45, 2.75) is 13.0 Å². The molecule has 0 aromatic heterocycles. The number of benzene rings is 1. The quantitative estimate of drug-likeness (QED) is 0.838. The molecule has 0 spiro atoms. The number of hydrogen-bond acceptors (Lipinski definition) is 2. The van der Waals surface area contributed by atoms with Crippen molar-refractivity contribution < 1.29 is 0 Å². The van der Waals surface area contributed by atoms with E-state index < -0.39 is 0 Å². The molecule has 14 heavy (non-hydrogen) atoms. The van der Waals surface area contributed by atoms with Gasteiger partial charge in [-0.05, 0) is 24.2 Å². The Morgan fingerprint density at radius 3 is 2.71 bits per heavy atom. The van der Waals surface area contributed by atoms with Gasteiger partial charge in [0.05, 0.1) is 0 Å². The van der Waals surface area contributed by atoms with Crippen LogP contribution in [-0.2, 0) is 0 Å². The SMILES string of the molecule is CCNCC(N)c1ccc(Cl)cc1Cl. The Morgan fingerprint density at radius 2 is 2.14 bits per heavy atom. The number of nitrogens with one attached hydrogen (secondary N) is 1. The third-order valence-corrected chi connectivity index (χ3v) is 2.54. The van der Waals surface area contributed by atoms with Crippen LogP contribution in [0.1, 0.15) is 18.5 Å². The highest BCUT2D eigenvalue weighted by molar-refractivity contribution is 6.35. The predicted octanol–water partition coefficient (Wildman–Crippen LogP) is 2.60. The average molecular weight is 233 g/mol. The smallest absolute Gasteiger partial charge is 0.0469 e. The van der Waals surface area contributed by atoms with E-state index >= 15 is 0 Å². The molecule has 78 valence electrons. The summed E-state index contributed by atoms with van der Waals surface area (Å²) in [5.41, 5.74) is 6.87. The van der Waals surface area contributed by atoms with Crippen LogP contribution in [0.15, 0.2) is 18.2 Å². The van der Waals surface area contributed by atoms with Gasteiger partial charge < -0.3 is 11.1 Å². The van der Waals surface area contributed by atoms with Crippen molar-refractivity contribution in [3.63, 3.8) is 0 Å². The minimum absolute atomic E-state index is 0.0836. The zero-order valence-electron chi connectivity index (χ0n) is 8.06. The minimum atomic E-state index is -0.0836. The molecule has 0 heterocycles. The van der Waals surface area contributed by atoms with E-state index in [-0.39, 0.29) is 6.04 Å². The van der Waals surface area contributed by atoms with Gasteiger partial charge in [-0.15, -0.1) is 0 Å². The van der Waals surface area contributed by atoms with Gasteiger partial charge in [0.2, 0.25) is 0 Å². The monoisotopic (exact) mass is 232 g/mol. The average Bonchev–Trinajstić information content (AvgIpc) is 2.14. The van der Waals surface area contributed by atoms with Gasteiger partial charge in [0.1, 0.15) is 0 Å². The molecule has 1 atom stereocenters. The van der Waals surface area contributed by atoms with Crippen LogP contribution >= 0.6 is 23.2 Å². The second-order valence-electron chi connectivity index (χ2n) is 3.08. The Morgan fingerprint density at radius 1 is 1.43 bits per heavy atom. The van der Waals surface area contributed by atoms with Crippen LogP contribution in [0.25, 0.3) is 0 Å². The fourth-order valence-electron chi connectivity index (χ4n) is 1.21. The molecule has 0 radical (unpaired) electrons. The third-order valence-electron chi connectivity index (χ3n) is 1.98. The lowest BCUT2D eigenvalue weighted by atomic mass is 10.1. The second kappa shape index (κ2) is 5.56. The van der Waals surface area contributed by atoms with Crippen molar-refractivity contribution in [1.29, 1.82) is 0 Å². The van der Waals surface area contributed by atoms with E-state index in [9.17, 15) is 0 Å². The molecule has 1 rings (SSSR count). The Bertz CT molecular complexity index is 302. The van der Waals surface area contributed by atoms with Gasteiger partial charge in [0.15, 0.2) is 0 Å². The first kappa shape index (κ1) is 11.8. The molecule has 0 saturated heterocycles. The van der Waals surface area contributed by atoms with Crippen LogP contribution in [0.5, 0.6) is 0 Å². The first-order valence-corrected chi connectivity index (χ1v) is 5.32. The maximum Gasteiger partial charge on any atom is 0.0469 e. The standard InChI is InChI=1S/C10H14Cl2N2/c1-2-14-6-10(13)8-4-3-7(11)5-9(8)12/h3-5,10,14H,2,6,13H2,1H3. The molecule has 0 aliphatic heterocycles. The third kappa shape index (κ3) is 3.14. The molecule has 0 bridgehead atoms. The Labute approximate surface area is 94.4 Å². The van der Waals surface area contributed by atoms with Gasteiger partial charge in [-0.3, -0.25) is 0 Å². The fourth-order valence-corrected chi connectivity index (χ4v) is 1.76. The van der Waals surface area contributed by atoms with Crippen LogP contribution in [-0.4, -0.2) is 13.1 Å². The Kier molecular flexibility index (Phi) is 4.69. The van der Waals surface area contributed by atoms with Crippen LogP contribution in [0.2, 0.25) is 10.0 Å². The van der Waals surface area contributed by atoms with E-state index in [1.807, 2.05) is 13.0 Å². The predicted molar refractivity (Wildman–Crippen MR) is 61.9 cm³/mol. The fraction of sp³-hybridized carbons (Fsp3) is 0.400. The van der Waals surface area contributed by atoms with Crippen molar-refractivity contribution in [2.24, 2.45) is 5.73 Å². The summed E-state index contributed by atoms with van der Waals surface area (Å²) in [7, 11) is 0. The normalized spacial score (nSPS) is 12.9. The van der Waals surface area contributed by atoms with Crippen molar-refractivity contribution in [2.75, 3.05) is 13.1 Å². The van der Waals surface area contributed by atoms with Gasteiger partial charge in [-0.25, -0.2) is 0 Å². The molecule has 0 aliphatic carbocycles. The summed E-state index contributed by atoms with van der Waals surface area (Å²) in [5, 5.41) is 4.43. The number of nitrogens with two attached hydrogens (primary N) is 1. The molecule has 0 saturated carbocycles. The second-order valence-corrected chi connectivity index (χ2v) is 3.92. The lowest BCUT2D eigenvalue weighted by molar-refractivity contribution is 0.616. The van der Waals surface area contributed by atoms with E-state index in [2.05, 4.69) is 5.32 Å². The number of likely N-dealkylation sites (N-methyl/N-ethyl adjacent to an activating group) is 1. The molecule has 2 nitrogen and oxygen atoms in total. The molecule has 4 heteroatoms. The summed E-state index contributed by atoms with van der Waals surface area (Å²) in [4.78, 5) is 0. The first-order chi connectivity index (χ1) is 6.65. The number of rotatable bonds is 4. The largest absolute Gasteiger partial charge is 0.323 e. The molecule has 1 aromatic carbocycles. The Balaban J connectivity index is 2.74. The van der Waals surface area contributed by atoms with E-state index in [1.54, 1.807) is 12.1 Å². The topological polar surface area (TPSA) is 38.0 Å².